The molecular formula is C7H15NO3. The number of nitrogens with two attached hydrogens (primary N) is 1. The second-order valence-electron chi connectivity index (χ2n) is 2.25. The Hall–Kier alpha value is -1.06. The maximum Gasteiger partial charge on any atom is 0.302 e. The van der Waals surface area contributed by atoms with Crippen LogP contribution in [0.5, 0.6) is 0 Å². The molecule has 0 aliphatic rings. The number of carbonyl (C=O) groups is 2. The van der Waals surface area contributed by atoms with E-state index in [0.29, 0.717) is 0 Å². The van der Waals surface area contributed by atoms with Crippen LogP contribution in [0.15, 0.2) is 0 Å². The highest BCUT2D eigenvalue weighted by Crippen LogP contribution is 1.84. The van der Waals surface area contributed by atoms with Gasteiger partial charge in [-0.3, -0.25) is 9.59 Å². The number of primary amides is 1. The van der Waals surface area contributed by atoms with Crippen LogP contribution in [0.1, 0.15) is 20.8 Å². The minimum Gasteiger partial charge on any atom is -0.469 e. The first-order chi connectivity index (χ1) is 4.91. The van der Waals surface area contributed by atoms with Crippen LogP contribution in [0.4, 0.5) is 0 Å². The molecule has 0 spiro atoms. The molecule has 0 aromatic rings. The molecule has 11 heavy (non-hydrogen) atoms. The van der Waals surface area contributed by atoms with Crippen LogP contribution in [0.2, 0.25) is 0 Å². The lowest BCUT2D eigenvalue weighted by Gasteiger charge is -1.90. The maximum absolute atomic E-state index is 9.92. The summed E-state index contributed by atoms with van der Waals surface area (Å²) in [5.41, 5.74) is 4.80. The van der Waals surface area contributed by atoms with Crippen molar-refractivity contribution < 1.29 is 14.3 Å². The topological polar surface area (TPSA) is 69.4 Å². The third kappa shape index (κ3) is 17.6. The van der Waals surface area contributed by atoms with Gasteiger partial charge in [-0.25, -0.2) is 0 Å². The van der Waals surface area contributed by atoms with Crippen LogP contribution < -0.4 is 5.73 Å². The lowest BCUT2D eigenvalue weighted by atomic mass is 10.2. The van der Waals surface area contributed by atoms with E-state index < -0.39 is 0 Å². The molecule has 0 aromatic heterocycles. The van der Waals surface area contributed by atoms with Gasteiger partial charge in [0.1, 0.15) is 0 Å². The average molecular weight is 161 g/mol. The number of carbonyl (C=O) groups excluding carboxylic acids is 2. The van der Waals surface area contributed by atoms with Gasteiger partial charge in [0, 0.05) is 12.8 Å². The molecule has 0 radical (unpaired) electrons. The van der Waals surface area contributed by atoms with Crippen molar-refractivity contribution in [2.45, 2.75) is 20.8 Å². The molecule has 4 heteroatoms. The van der Waals surface area contributed by atoms with E-state index >= 15 is 0 Å². The fourth-order valence-electron chi connectivity index (χ4n) is 0. The van der Waals surface area contributed by atoms with E-state index in [2.05, 4.69) is 4.74 Å². The maximum atomic E-state index is 9.92. The molecule has 1 amide bonds. The molecule has 4 nitrogen and oxygen atoms in total. The molecule has 0 aliphatic carbocycles. The zero-order valence-electron chi connectivity index (χ0n) is 7.38. The van der Waals surface area contributed by atoms with Crippen molar-refractivity contribution in [1.82, 2.24) is 0 Å². The fourth-order valence-corrected chi connectivity index (χ4v) is 0. The number of hydrogen-bond acceptors (Lipinski definition) is 3. The Balaban J connectivity index is 0. The van der Waals surface area contributed by atoms with Crippen molar-refractivity contribution in [3.8, 4) is 0 Å². The molecule has 0 saturated carbocycles. The number of ether oxygens (including phenoxy) is 1. The fraction of sp³-hybridized carbons (Fsp3) is 0.714. The van der Waals surface area contributed by atoms with Crippen molar-refractivity contribution in [1.29, 1.82) is 0 Å². The zero-order chi connectivity index (χ0) is 9.44. The van der Waals surface area contributed by atoms with Crippen LogP contribution in [0, 0.1) is 5.92 Å². The lowest BCUT2D eigenvalue weighted by Crippen LogP contribution is -2.17. The largest absolute Gasteiger partial charge is 0.469 e. The standard InChI is InChI=1S/C4H9NO.C3H6O2/c1-3(2)4(5)6;1-3(4)5-2/h3H,1-2H3,(H2,5,6);1-2H3. The monoisotopic (exact) mass is 161 g/mol. The summed E-state index contributed by atoms with van der Waals surface area (Å²) in [7, 11) is 1.35. The van der Waals surface area contributed by atoms with E-state index in [1.165, 1.54) is 14.0 Å². The first-order valence-electron chi connectivity index (χ1n) is 3.25. The summed E-state index contributed by atoms with van der Waals surface area (Å²) in [5.74, 6) is -0.495. The molecule has 0 aliphatic heterocycles. The van der Waals surface area contributed by atoms with Crippen LogP contribution in [0.3, 0.4) is 0 Å². The molecule has 0 fully saturated rings. The van der Waals surface area contributed by atoms with Gasteiger partial charge in [-0.1, -0.05) is 13.8 Å². The van der Waals surface area contributed by atoms with E-state index in [9.17, 15) is 9.59 Å². The van der Waals surface area contributed by atoms with Gasteiger partial charge in [-0.15, -0.1) is 0 Å². The van der Waals surface area contributed by atoms with Gasteiger partial charge >= 0.3 is 5.97 Å². The molecule has 0 heterocycles. The normalized spacial score (nSPS) is 8.09. The SMILES string of the molecule is CC(C)C(N)=O.COC(C)=O. The van der Waals surface area contributed by atoms with Gasteiger partial charge in [0.15, 0.2) is 0 Å². The summed E-state index contributed by atoms with van der Waals surface area (Å²) in [4.78, 5) is 19.5. The second-order valence-corrected chi connectivity index (χ2v) is 2.25. The van der Waals surface area contributed by atoms with Crippen molar-refractivity contribution in [3.05, 3.63) is 0 Å². The van der Waals surface area contributed by atoms with Crippen molar-refractivity contribution >= 4 is 11.9 Å². The molecule has 0 atom stereocenters. The Morgan fingerprint density at radius 1 is 1.36 bits per heavy atom. The van der Waals surface area contributed by atoms with Crippen LogP contribution in [0.25, 0.3) is 0 Å². The third-order valence-electron chi connectivity index (χ3n) is 0.856. The highest BCUT2D eigenvalue weighted by Gasteiger charge is 1.96. The lowest BCUT2D eigenvalue weighted by molar-refractivity contribution is -0.137. The number of amides is 1. The summed E-state index contributed by atoms with van der Waals surface area (Å²) >= 11 is 0. The third-order valence-corrected chi connectivity index (χ3v) is 0.856. The van der Waals surface area contributed by atoms with Gasteiger partial charge in [0.25, 0.3) is 0 Å². The molecule has 0 rings (SSSR count). The smallest absolute Gasteiger partial charge is 0.302 e. The van der Waals surface area contributed by atoms with Crippen molar-refractivity contribution in [3.63, 3.8) is 0 Å². The molecular weight excluding hydrogens is 146 g/mol. The summed E-state index contributed by atoms with van der Waals surface area (Å²) < 4.78 is 4.11. The van der Waals surface area contributed by atoms with E-state index in [-0.39, 0.29) is 17.8 Å². The quantitative estimate of drug-likeness (QED) is 0.562. The van der Waals surface area contributed by atoms with Crippen LogP contribution in [-0.4, -0.2) is 19.0 Å². The molecule has 0 saturated heterocycles. The summed E-state index contributed by atoms with van der Waals surface area (Å²) in [6.45, 7) is 4.89. The van der Waals surface area contributed by atoms with Gasteiger partial charge in [-0.05, 0) is 0 Å². The molecule has 0 bridgehead atoms. The summed E-state index contributed by atoms with van der Waals surface area (Å²) in [6, 6.07) is 0. The second kappa shape index (κ2) is 7.05. The Bertz CT molecular complexity index is 132. The van der Waals surface area contributed by atoms with Gasteiger partial charge in [0.05, 0.1) is 7.11 Å². The minimum absolute atomic E-state index is 0.00926. The molecule has 2 N–H and O–H groups in total. The number of hydrogen-bond donors (Lipinski definition) is 1. The van der Waals surface area contributed by atoms with Crippen molar-refractivity contribution in [2.75, 3.05) is 7.11 Å². The summed E-state index contributed by atoms with van der Waals surface area (Å²) in [6.07, 6.45) is 0. The first-order valence-corrected chi connectivity index (χ1v) is 3.25. The highest BCUT2D eigenvalue weighted by atomic mass is 16.5. The van der Waals surface area contributed by atoms with E-state index in [1.807, 2.05) is 0 Å². The number of esters is 1. The predicted octanol–water partition coefficient (Wildman–Crippen LogP) is 0.307. The number of rotatable bonds is 1. The molecule has 66 valence electrons. The van der Waals surface area contributed by atoms with Crippen molar-refractivity contribution in [2.24, 2.45) is 11.7 Å². The highest BCUT2D eigenvalue weighted by molar-refractivity contribution is 5.75. The number of methoxy groups -OCH3 is 1. The minimum atomic E-state index is -0.245. The van der Waals surface area contributed by atoms with E-state index in [0.717, 1.165) is 0 Å². The Labute approximate surface area is 66.7 Å². The average Bonchev–Trinajstić information content (AvgIpc) is 1.89. The zero-order valence-corrected chi connectivity index (χ0v) is 7.38. The van der Waals surface area contributed by atoms with Crippen LogP contribution in [-0.2, 0) is 14.3 Å². The van der Waals surface area contributed by atoms with Gasteiger partial charge < -0.3 is 10.5 Å². The van der Waals surface area contributed by atoms with Gasteiger partial charge in [-0.2, -0.15) is 0 Å². The Morgan fingerprint density at radius 2 is 1.55 bits per heavy atom. The summed E-state index contributed by atoms with van der Waals surface area (Å²) in [5, 5.41) is 0. The molecule has 0 aromatic carbocycles. The van der Waals surface area contributed by atoms with E-state index in [1.54, 1.807) is 13.8 Å². The Kier molecular flexibility index (Phi) is 8.08. The molecule has 0 unspecified atom stereocenters. The van der Waals surface area contributed by atoms with Crippen LogP contribution >= 0.6 is 0 Å². The van der Waals surface area contributed by atoms with E-state index in [4.69, 9.17) is 5.73 Å². The van der Waals surface area contributed by atoms with Gasteiger partial charge in [0.2, 0.25) is 5.91 Å². The predicted molar refractivity (Wildman–Crippen MR) is 41.7 cm³/mol. The Morgan fingerprint density at radius 3 is 1.55 bits per heavy atom. The first kappa shape index (κ1) is 12.6.